The van der Waals surface area contributed by atoms with Gasteiger partial charge in [-0.05, 0) is 51.8 Å². The topological polar surface area (TPSA) is 49.8 Å². The average Bonchev–Trinajstić information content (AvgIpc) is 2.81. The molecule has 0 aliphatic carbocycles. The molecule has 0 aromatic carbocycles. The summed E-state index contributed by atoms with van der Waals surface area (Å²) in [6, 6.07) is 2.61. The minimum Gasteiger partial charge on any atom is -0.367 e. The Balaban J connectivity index is 1.80. The summed E-state index contributed by atoms with van der Waals surface area (Å²) >= 11 is 1.73. The van der Waals surface area contributed by atoms with Crippen molar-refractivity contribution in [1.82, 2.24) is 15.3 Å². The molecule has 2 aromatic heterocycles. The predicted octanol–water partition coefficient (Wildman–Crippen LogP) is 2.80. The van der Waals surface area contributed by atoms with Crippen molar-refractivity contribution < 1.29 is 0 Å². The quantitative estimate of drug-likeness (QED) is 0.905. The zero-order chi connectivity index (χ0) is 13.2. The first kappa shape index (κ1) is 12.8. The van der Waals surface area contributed by atoms with Crippen LogP contribution in [0.5, 0.6) is 0 Å². The molecular weight excluding hydrogens is 256 g/mol. The van der Waals surface area contributed by atoms with Crippen LogP contribution in [0.3, 0.4) is 0 Å². The van der Waals surface area contributed by atoms with Crippen LogP contribution in [-0.2, 0) is 0 Å². The van der Waals surface area contributed by atoms with E-state index < -0.39 is 0 Å². The number of rotatable bonds is 3. The molecular formula is C14H20N4S. The Bertz CT molecular complexity index is 560. The lowest BCUT2D eigenvalue weighted by molar-refractivity contribution is 0.347. The van der Waals surface area contributed by atoms with E-state index in [0.717, 1.165) is 29.1 Å². The summed E-state index contributed by atoms with van der Waals surface area (Å²) in [6.07, 6.45) is 4.22. The van der Waals surface area contributed by atoms with Gasteiger partial charge in [-0.1, -0.05) is 0 Å². The van der Waals surface area contributed by atoms with Gasteiger partial charge in [0.15, 0.2) is 0 Å². The van der Waals surface area contributed by atoms with Gasteiger partial charge in [0.1, 0.15) is 17.0 Å². The summed E-state index contributed by atoms with van der Waals surface area (Å²) in [5.41, 5.74) is 0. The summed E-state index contributed by atoms with van der Waals surface area (Å²) in [6.45, 7) is 6.63. The first-order valence-corrected chi connectivity index (χ1v) is 7.74. The summed E-state index contributed by atoms with van der Waals surface area (Å²) in [5, 5.41) is 8.21. The van der Waals surface area contributed by atoms with Gasteiger partial charge < -0.3 is 10.6 Å². The van der Waals surface area contributed by atoms with Crippen LogP contribution < -0.4 is 10.6 Å². The van der Waals surface area contributed by atoms with Crippen LogP contribution in [0.4, 0.5) is 5.82 Å². The van der Waals surface area contributed by atoms with Gasteiger partial charge in [-0.15, -0.1) is 11.3 Å². The van der Waals surface area contributed by atoms with Crippen LogP contribution >= 0.6 is 11.3 Å². The monoisotopic (exact) mass is 276 g/mol. The number of aromatic nitrogens is 2. The number of nitrogens with one attached hydrogen (secondary N) is 2. The Labute approximate surface area is 117 Å². The number of aryl methyl sites for hydroxylation is 1. The second kappa shape index (κ2) is 5.43. The largest absolute Gasteiger partial charge is 0.367 e. The molecule has 1 aliphatic heterocycles. The van der Waals surface area contributed by atoms with Crippen molar-refractivity contribution in [2.45, 2.75) is 32.7 Å². The van der Waals surface area contributed by atoms with Crippen molar-refractivity contribution in [3.63, 3.8) is 0 Å². The number of thiophene rings is 1. The highest BCUT2D eigenvalue weighted by Crippen LogP contribution is 2.28. The molecule has 0 radical (unpaired) electrons. The Hall–Kier alpha value is -1.20. The standard InChI is InChI=1S/C14H20N4S/c1-9-6-12-13(16-8-17-14(12)19-9)18-10(2)11-4-3-5-15-7-11/h6,8,10-11,15H,3-5,7H2,1-2H3,(H,16,17,18). The van der Waals surface area contributed by atoms with Crippen molar-refractivity contribution in [3.8, 4) is 0 Å². The van der Waals surface area contributed by atoms with Gasteiger partial charge in [-0.2, -0.15) is 0 Å². The number of hydrogen-bond acceptors (Lipinski definition) is 5. The normalized spacial score (nSPS) is 21.5. The van der Waals surface area contributed by atoms with Gasteiger partial charge in [0.25, 0.3) is 0 Å². The minimum absolute atomic E-state index is 0.436. The second-order valence-corrected chi connectivity index (χ2v) is 6.57. The van der Waals surface area contributed by atoms with Crippen LogP contribution in [0, 0.1) is 12.8 Å². The van der Waals surface area contributed by atoms with E-state index in [2.05, 4.69) is 40.5 Å². The third kappa shape index (κ3) is 2.72. The van der Waals surface area contributed by atoms with Crippen LogP contribution in [0.1, 0.15) is 24.6 Å². The highest BCUT2D eigenvalue weighted by Gasteiger charge is 2.20. The van der Waals surface area contributed by atoms with Gasteiger partial charge in [0, 0.05) is 10.9 Å². The highest BCUT2D eigenvalue weighted by molar-refractivity contribution is 7.18. The fourth-order valence-electron chi connectivity index (χ4n) is 2.73. The summed E-state index contributed by atoms with van der Waals surface area (Å²) in [4.78, 5) is 11.1. The van der Waals surface area contributed by atoms with Gasteiger partial charge in [-0.3, -0.25) is 0 Å². The molecule has 1 aliphatic rings. The van der Waals surface area contributed by atoms with Crippen molar-refractivity contribution in [3.05, 3.63) is 17.3 Å². The molecule has 2 atom stereocenters. The van der Waals surface area contributed by atoms with E-state index >= 15 is 0 Å². The second-order valence-electron chi connectivity index (χ2n) is 5.34. The molecule has 19 heavy (non-hydrogen) atoms. The summed E-state index contributed by atoms with van der Waals surface area (Å²) in [7, 11) is 0. The van der Waals surface area contributed by atoms with E-state index in [9.17, 15) is 0 Å². The molecule has 102 valence electrons. The molecule has 2 N–H and O–H groups in total. The maximum Gasteiger partial charge on any atom is 0.138 e. The summed E-state index contributed by atoms with van der Waals surface area (Å²) in [5.74, 6) is 1.66. The molecule has 1 fully saturated rings. The van der Waals surface area contributed by atoms with Crippen LogP contribution in [0.2, 0.25) is 0 Å². The lowest BCUT2D eigenvalue weighted by Gasteiger charge is -2.29. The number of piperidine rings is 1. The number of hydrogen-bond donors (Lipinski definition) is 2. The smallest absolute Gasteiger partial charge is 0.138 e. The molecule has 3 rings (SSSR count). The van der Waals surface area contributed by atoms with Gasteiger partial charge in [-0.25, -0.2) is 9.97 Å². The first-order valence-electron chi connectivity index (χ1n) is 6.92. The fraction of sp³-hybridized carbons (Fsp3) is 0.571. The van der Waals surface area contributed by atoms with Crippen molar-refractivity contribution >= 4 is 27.4 Å². The number of anilines is 1. The van der Waals surface area contributed by atoms with Gasteiger partial charge in [0.05, 0.1) is 5.39 Å². The van der Waals surface area contributed by atoms with Crippen LogP contribution in [0.25, 0.3) is 10.2 Å². The Morgan fingerprint density at radius 3 is 3.16 bits per heavy atom. The van der Waals surface area contributed by atoms with E-state index in [1.807, 2.05) is 0 Å². The van der Waals surface area contributed by atoms with Crippen molar-refractivity contribution in [1.29, 1.82) is 0 Å². The van der Waals surface area contributed by atoms with E-state index in [-0.39, 0.29) is 0 Å². The third-order valence-electron chi connectivity index (χ3n) is 3.86. The van der Waals surface area contributed by atoms with E-state index in [0.29, 0.717) is 12.0 Å². The zero-order valence-corrected chi connectivity index (χ0v) is 12.3. The molecule has 0 amide bonds. The molecule has 2 aromatic rings. The maximum atomic E-state index is 4.42. The van der Waals surface area contributed by atoms with Crippen LogP contribution in [-0.4, -0.2) is 29.1 Å². The Kier molecular flexibility index (Phi) is 3.66. The Morgan fingerprint density at radius 2 is 2.37 bits per heavy atom. The molecule has 0 bridgehead atoms. The zero-order valence-electron chi connectivity index (χ0n) is 11.4. The third-order valence-corrected chi connectivity index (χ3v) is 4.82. The summed E-state index contributed by atoms with van der Waals surface area (Å²) < 4.78 is 0. The van der Waals surface area contributed by atoms with Gasteiger partial charge >= 0.3 is 0 Å². The predicted molar refractivity (Wildman–Crippen MR) is 80.8 cm³/mol. The van der Waals surface area contributed by atoms with E-state index in [1.165, 1.54) is 17.7 Å². The molecule has 1 saturated heterocycles. The van der Waals surface area contributed by atoms with E-state index in [4.69, 9.17) is 0 Å². The number of fused-ring (bicyclic) bond motifs is 1. The number of nitrogens with zero attached hydrogens (tertiary/aromatic N) is 2. The minimum atomic E-state index is 0.436. The van der Waals surface area contributed by atoms with Crippen molar-refractivity contribution in [2.75, 3.05) is 18.4 Å². The molecule has 3 heterocycles. The molecule has 4 nitrogen and oxygen atoms in total. The first-order chi connectivity index (χ1) is 9.24. The molecule has 2 unspecified atom stereocenters. The van der Waals surface area contributed by atoms with Gasteiger partial charge in [0.2, 0.25) is 0 Å². The highest BCUT2D eigenvalue weighted by atomic mass is 32.1. The fourth-order valence-corrected chi connectivity index (χ4v) is 3.58. The van der Waals surface area contributed by atoms with Crippen LogP contribution in [0.15, 0.2) is 12.4 Å². The lowest BCUT2D eigenvalue weighted by Crippen LogP contribution is -2.38. The average molecular weight is 276 g/mol. The molecule has 5 heteroatoms. The maximum absolute atomic E-state index is 4.42. The lowest BCUT2D eigenvalue weighted by atomic mass is 9.93. The Morgan fingerprint density at radius 1 is 1.47 bits per heavy atom. The van der Waals surface area contributed by atoms with Crippen molar-refractivity contribution in [2.24, 2.45) is 5.92 Å². The SMILES string of the molecule is Cc1cc2c(NC(C)C3CCCNC3)ncnc2s1. The van der Waals surface area contributed by atoms with E-state index in [1.54, 1.807) is 17.7 Å². The molecule has 0 saturated carbocycles. The molecule has 0 spiro atoms.